The molecule has 9 heteroatoms. The van der Waals surface area contributed by atoms with E-state index in [1.165, 1.54) is 0 Å². The average molecular weight is 364 g/mol. The van der Waals surface area contributed by atoms with Gasteiger partial charge in [0, 0.05) is 18.6 Å². The van der Waals surface area contributed by atoms with E-state index in [0.29, 0.717) is 0 Å². The van der Waals surface area contributed by atoms with Gasteiger partial charge in [0.05, 0.1) is 4.90 Å². The number of benzene rings is 1. The van der Waals surface area contributed by atoms with Crippen molar-refractivity contribution in [2.24, 2.45) is 0 Å². The fraction of sp³-hybridized carbons (Fsp3) is 0.600. The molecule has 2 saturated heterocycles. The van der Waals surface area contributed by atoms with Crippen LogP contribution in [0.5, 0.6) is 5.75 Å². The van der Waals surface area contributed by atoms with Crippen LogP contribution in [0.15, 0.2) is 29.2 Å². The first-order valence-electron chi connectivity index (χ1n) is 7.87. The number of nitrogens with zero attached hydrogens (tertiary/aromatic N) is 1. The van der Waals surface area contributed by atoms with Crippen LogP contribution in [0.1, 0.15) is 25.7 Å². The first-order valence-corrected chi connectivity index (χ1v) is 9.35. The van der Waals surface area contributed by atoms with Crippen LogP contribution in [-0.2, 0) is 10.0 Å². The SMILES string of the molecule is O=S(=O)(N[C@H]1CCN2CCCC[C@H]12)c1ccc(OC(F)(F)F)cc1. The maximum atomic E-state index is 12.5. The van der Waals surface area contributed by atoms with Crippen molar-refractivity contribution in [3.05, 3.63) is 24.3 Å². The van der Waals surface area contributed by atoms with E-state index in [9.17, 15) is 21.6 Å². The first kappa shape index (κ1) is 17.5. The second-order valence-corrected chi connectivity index (χ2v) is 7.85. The van der Waals surface area contributed by atoms with E-state index >= 15 is 0 Å². The highest BCUT2D eigenvalue weighted by Gasteiger charge is 2.38. The summed E-state index contributed by atoms with van der Waals surface area (Å²) < 4.78 is 67.8. The van der Waals surface area contributed by atoms with Crippen LogP contribution in [0.3, 0.4) is 0 Å². The van der Waals surface area contributed by atoms with E-state index in [1.54, 1.807) is 0 Å². The number of piperidine rings is 1. The highest BCUT2D eigenvalue weighted by atomic mass is 32.2. The Morgan fingerprint density at radius 3 is 2.46 bits per heavy atom. The molecule has 0 radical (unpaired) electrons. The summed E-state index contributed by atoms with van der Waals surface area (Å²) in [6.07, 6.45) is -0.864. The zero-order valence-electron chi connectivity index (χ0n) is 12.9. The molecule has 5 nitrogen and oxygen atoms in total. The Morgan fingerprint density at radius 2 is 1.79 bits per heavy atom. The summed E-state index contributed by atoms with van der Waals surface area (Å²) >= 11 is 0. The second kappa shape index (κ2) is 6.53. The van der Waals surface area contributed by atoms with E-state index in [2.05, 4.69) is 14.4 Å². The highest BCUT2D eigenvalue weighted by molar-refractivity contribution is 7.89. The molecule has 134 valence electrons. The monoisotopic (exact) mass is 364 g/mol. The molecule has 24 heavy (non-hydrogen) atoms. The topological polar surface area (TPSA) is 58.6 Å². The van der Waals surface area contributed by atoms with Gasteiger partial charge >= 0.3 is 6.36 Å². The molecule has 0 aromatic heterocycles. The van der Waals surface area contributed by atoms with Gasteiger partial charge in [-0.2, -0.15) is 0 Å². The third-order valence-electron chi connectivity index (χ3n) is 4.53. The Kier molecular flexibility index (Phi) is 4.76. The summed E-state index contributed by atoms with van der Waals surface area (Å²) in [6.45, 7) is 1.86. The average Bonchev–Trinajstić information content (AvgIpc) is 2.89. The minimum Gasteiger partial charge on any atom is -0.406 e. The van der Waals surface area contributed by atoms with Crippen LogP contribution in [-0.4, -0.2) is 44.9 Å². The third kappa shape index (κ3) is 4.01. The number of nitrogens with one attached hydrogen (secondary N) is 1. The normalized spacial score (nSPS) is 25.5. The van der Waals surface area contributed by atoms with Crippen molar-refractivity contribution < 1.29 is 26.3 Å². The number of ether oxygens (including phenoxy) is 1. The molecule has 3 rings (SSSR count). The Labute approximate surface area is 138 Å². The van der Waals surface area contributed by atoms with Gasteiger partial charge in [-0.05, 0) is 50.1 Å². The van der Waals surface area contributed by atoms with Gasteiger partial charge in [-0.15, -0.1) is 13.2 Å². The number of sulfonamides is 1. The largest absolute Gasteiger partial charge is 0.573 e. The predicted octanol–water partition coefficient (Wildman–Crippen LogP) is 2.49. The van der Waals surface area contributed by atoms with Crippen molar-refractivity contribution in [1.82, 2.24) is 9.62 Å². The van der Waals surface area contributed by atoms with Crippen LogP contribution in [0.4, 0.5) is 13.2 Å². The summed E-state index contributed by atoms with van der Waals surface area (Å²) in [5.41, 5.74) is 0. The summed E-state index contributed by atoms with van der Waals surface area (Å²) in [5.74, 6) is -0.444. The van der Waals surface area contributed by atoms with Gasteiger partial charge in [0.25, 0.3) is 0 Å². The van der Waals surface area contributed by atoms with Crippen molar-refractivity contribution in [2.45, 2.75) is 49.0 Å². The van der Waals surface area contributed by atoms with Crippen LogP contribution >= 0.6 is 0 Å². The van der Waals surface area contributed by atoms with Crippen LogP contribution in [0.25, 0.3) is 0 Å². The maximum absolute atomic E-state index is 12.5. The number of alkyl halides is 3. The van der Waals surface area contributed by atoms with Gasteiger partial charge in [0.2, 0.25) is 10.0 Å². The van der Waals surface area contributed by atoms with Gasteiger partial charge in [0.1, 0.15) is 5.75 Å². The Hall–Kier alpha value is -1.32. The highest BCUT2D eigenvalue weighted by Crippen LogP contribution is 2.29. The van der Waals surface area contributed by atoms with E-state index in [4.69, 9.17) is 0 Å². The van der Waals surface area contributed by atoms with Crippen molar-refractivity contribution in [3.63, 3.8) is 0 Å². The van der Waals surface area contributed by atoms with Gasteiger partial charge in [-0.25, -0.2) is 13.1 Å². The van der Waals surface area contributed by atoms with Gasteiger partial charge < -0.3 is 4.74 Å². The van der Waals surface area contributed by atoms with Crippen LogP contribution < -0.4 is 9.46 Å². The molecule has 1 N–H and O–H groups in total. The molecule has 2 heterocycles. The lowest BCUT2D eigenvalue weighted by atomic mass is 10.00. The number of hydrogen-bond acceptors (Lipinski definition) is 4. The summed E-state index contributed by atoms with van der Waals surface area (Å²) in [4.78, 5) is 2.24. The van der Waals surface area contributed by atoms with Gasteiger partial charge in [-0.1, -0.05) is 6.42 Å². The molecular weight excluding hydrogens is 345 g/mol. The molecule has 2 fully saturated rings. The van der Waals surface area contributed by atoms with E-state index in [1.807, 2.05) is 0 Å². The second-order valence-electron chi connectivity index (χ2n) is 6.13. The number of halogens is 3. The Balaban J connectivity index is 1.69. The molecule has 2 aliphatic rings. The number of hydrogen-bond donors (Lipinski definition) is 1. The molecule has 0 spiro atoms. The first-order chi connectivity index (χ1) is 11.2. The lowest BCUT2D eigenvalue weighted by Gasteiger charge is -2.32. The summed E-state index contributed by atoms with van der Waals surface area (Å²) in [5, 5.41) is 0. The zero-order valence-corrected chi connectivity index (χ0v) is 13.7. The van der Waals surface area contributed by atoms with Crippen molar-refractivity contribution in [3.8, 4) is 5.75 Å². The van der Waals surface area contributed by atoms with E-state index < -0.39 is 22.1 Å². The van der Waals surface area contributed by atoms with E-state index in [-0.39, 0.29) is 17.0 Å². The van der Waals surface area contributed by atoms with Crippen molar-refractivity contribution >= 4 is 10.0 Å². The molecule has 2 atom stereocenters. The van der Waals surface area contributed by atoms with Crippen molar-refractivity contribution in [1.29, 1.82) is 0 Å². The van der Waals surface area contributed by atoms with Crippen molar-refractivity contribution in [2.75, 3.05) is 13.1 Å². The molecule has 0 unspecified atom stereocenters. The molecular formula is C15H19F3N2O3S. The third-order valence-corrected chi connectivity index (χ3v) is 6.04. The Morgan fingerprint density at radius 1 is 1.08 bits per heavy atom. The van der Waals surface area contributed by atoms with Crippen LogP contribution in [0, 0.1) is 0 Å². The van der Waals surface area contributed by atoms with E-state index in [0.717, 1.165) is 63.0 Å². The molecule has 0 bridgehead atoms. The fourth-order valence-electron chi connectivity index (χ4n) is 3.47. The lowest BCUT2D eigenvalue weighted by Crippen LogP contribution is -2.46. The van der Waals surface area contributed by atoms with Gasteiger partial charge in [-0.3, -0.25) is 4.90 Å². The molecule has 2 aliphatic heterocycles. The maximum Gasteiger partial charge on any atom is 0.573 e. The number of fused-ring (bicyclic) bond motifs is 1. The smallest absolute Gasteiger partial charge is 0.406 e. The number of rotatable bonds is 4. The van der Waals surface area contributed by atoms with Crippen LogP contribution in [0.2, 0.25) is 0 Å². The quantitative estimate of drug-likeness (QED) is 0.892. The molecule has 0 amide bonds. The molecule has 0 aliphatic carbocycles. The predicted molar refractivity (Wildman–Crippen MR) is 81.1 cm³/mol. The lowest BCUT2D eigenvalue weighted by molar-refractivity contribution is -0.274. The molecule has 1 aromatic rings. The summed E-state index contributed by atoms with van der Waals surface area (Å²) in [6, 6.07) is 4.31. The minimum atomic E-state index is -4.80. The summed E-state index contributed by atoms with van der Waals surface area (Å²) in [7, 11) is -3.77. The zero-order chi connectivity index (χ0) is 17.4. The minimum absolute atomic E-state index is 0.0636. The fourth-order valence-corrected chi connectivity index (χ4v) is 4.78. The molecule has 1 aromatic carbocycles. The Bertz CT molecular complexity index is 676. The van der Waals surface area contributed by atoms with Gasteiger partial charge in [0.15, 0.2) is 0 Å². The molecule has 0 saturated carbocycles. The standard InChI is InChI=1S/C15H19F3N2O3S/c16-15(17,18)23-11-4-6-12(7-5-11)24(21,22)19-13-8-10-20-9-2-1-3-14(13)20/h4-7,13-14,19H,1-3,8-10H2/t13-,14+/m0/s1.